The Morgan fingerprint density at radius 1 is 0.865 bits per heavy atom. The zero-order chi connectivity index (χ0) is 26.3. The second-order valence-electron chi connectivity index (χ2n) is 9.42. The lowest BCUT2D eigenvalue weighted by Crippen LogP contribution is -2.32. The highest BCUT2D eigenvalue weighted by Gasteiger charge is 2.31. The molecule has 0 spiro atoms. The maximum absolute atomic E-state index is 15.2. The molecule has 0 bridgehead atoms. The van der Waals surface area contributed by atoms with Gasteiger partial charge in [-0.1, -0.05) is 42.5 Å². The largest absolute Gasteiger partial charge is 0.573 e. The van der Waals surface area contributed by atoms with E-state index in [1.54, 1.807) is 31.4 Å². The van der Waals surface area contributed by atoms with E-state index >= 15 is 4.39 Å². The quantitative estimate of drug-likeness (QED) is 0.201. The van der Waals surface area contributed by atoms with Gasteiger partial charge in [0.1, 0.15) is 11.6 Å². The monoisotopic (exact) mass is 520 g/mol. The van der Waals surface area contributed by atoms with Crippen molar-refractivity contribution in [3.63, 3.8) is 0 Å². The second kappa shape index (κ2) is 12.7. The van der Waals surface area contributed by atoms with Gasteiger partial charge in [0.2, 0.25) is 0 Å². The van der Waals surface area contributed by atoms with Gasteiger partial charge in [-0.15, -0.1) is 13.2 Å². The minimum Gasteiger partial charge on any atom is -0.406 e. The molecule has 0 radical (unpaired) electrons. The van der Waals surface area contributed by atoms with Crippen LogP contribution in [0, 0.1) is 11.7 Å². The molecular formula is C29H32F4O4. The third-order valence-electron chi connectivity index (χ3n) is 6.60. The standard InChI is InChI=1S/C29H32F4O4/c1-34-16-2-3-22-18-35-27(36-19-22)15-8-21-7-14-26-24(17-21)11-10-23(28(26)30)9-4-20-5-12-25(13-6-20)37-29(31,32)33/h5-7,10-14,17,22,27H,2-4,8-9,15-16,18-19H2,1H3. The van der Waals surface area contributed by atoms with E-state index in [4.69, 9.17) is 14.2 Å². The summed E-state index contributed by atoms with van der Waals surface area (Å²) >= 11 is 0. The Morgan fingerprint density at radius 2 is 1.59 bits per heavy atom. The van der Waals surface area contributed by atoms with Crippen LogP contribution in [0.3, 0.4) is 0 Å². The van der Waals surface area contributed by atoms with Gasteiger partial charge in [-0.05, 0) is 66.3 Å². The van der Waals surface area contributed by atoms with Crippen LogP contribution in [0.1, 0.15) is 36.0 Å². The Kier molecular flexibility index (Phi) is 9.40. The molecule has 1 heterocycles. The number of rotatable bonds is 11. The van der Waals surface area contributed by atoms with Gasteiger partial charge < -0.3 is 18.9 Å². The number of halogens is 4. The van der Waals surface area contributed by atoms with Crippen molar-refractivity contribution in [2.24, 2.45) is 5.92 Å². The Hall–Kier alpha value is -2.68. The van der Waals surface area contributed by atoms with Gasteiger partial charge in [0, 0.05) is 31.4 Å². The second-order valence-corrected chi connectivity index (χ2v) is 9.42. The van der Waals surface area contributed by atoms with Gasteiger partial charge in [-0.25, -0.2) is 4.39 Å². The predicted octanol–water partition coefficient (Wildman–Crippen LogP) is 7.01. The first-order valence-electron chi connectivity index (χ1n) is 12.6. The Balaban J connectivity index is 1.29. The van der Waals surface area contributed by atoms with E-state index in [-0.39, 0.29) is 17.9 Å². The smallest absolute Gasteiger partial charge is 0.406 e. The molecule has 0 amide bonds. The Labute approximate surface area is 214 Å². The SMILES string of the molecule is COCCCC1COC(CCc2ccc3c(F)c(CCc4ccc(OC(F)(F)F)cc4)ccc3c2)OC1. The van der Waals surface area contributed by atoms with E-state index in [1.807, 2.05) is 18.2 Å². The van der Waals surface area contributed by atoms with Crippen molar-refractivity contribution in [3.8, 4) is 5.75 Å². The molecule has 1 aliphatic heterocycles. The molecule has 0 aromatic heterocycles. The molecule has 1 fully saturated rings. The molecule has 0 unspecified atom stereocenters. The van der Waals surface area contributed by atoms with Gasteiger partial charge in [0.25, 0.3) is 0 Å². The number of hydrogen-bond acceptors (Lipinski definition) is 4. The highest BCUT2D eigenvalue weighted by molar-refractivity contribution is 5.84. The van der Waals surface area contributed by atoms with Crippen molar-refractivity contribution < 1.29 is 36.5 Å². The first kappa shape index (κ1) is 27.4. The Bertz CT molecular complexity index is 1140. The molecule has 37 heavy (non-hydrogen) atoms. The van der Waals surface area contributed by atoms with Crippen LogP contribution in [0.5, 0.6) is 5.75 Å². The third kappa shape index (κ3) is 8.15. The topological polar surface area (TPSA) is 36.9 Å². The maximum atomic E-state index is 15.2. The number of fused-ring (bicyclic) bond motifs is 1. The van der Waals surface area contributed by atoms with Crippen molar-refractivity contribution >= 4 is 10.8 Å². The summed E-state index contributed by atoms with van der Waals surface area (Å²) in [6.07, 6.45) is -0.462. The highest BCUT2D eigenvalue weighted by Crippen LogP contribution is 2.26. The van der Waals surface area contributed by atoms with Crippen LogP contribution in [0.4, 0.5) is 17.6 Å². The van der Waals surface area contributed by atoms with E-state index in [0.29, 0.717) is 42.9 Å². The molecule has 1 aliphatic rings. The van der Waals surface area contributed by atoms with Crippen LogP contribution in [0.2, 0.25) is 0 Å². The average molecular weight is 521 g/mol. The summed E-state index contributed by atoms with van der Waals surface area (Å²) in [5.41, 5.74) is 2.47. The van der Waals surface area contributed by atoms with E-state index in [0.717, 1.165) is 48.8 Å². The van der Waals surface area contributed by atoms with E-state index < -0.39 is 6.36 Å². The third-order valence-corrected chi connectivity index (χ3v) is 6.60. The molecule has 1 saturated heterocycles. The predicted molar refractivity (Wildman–Crippen MR) is 133 cm³/mol. The average Bonchev–Trinajstić information content (AvgIpc) is 2.88. The molecule has 4 rings (SSSR count). The molecule has 3 aromatic rings. The minimum atomic E-state index is -4.72. The number of methoxy groups -OCH3 is 1. The molecule has 0 N–H and O–H groups in total. The number of alkyl halides is 3. The fraction of sp³-hybridized carbons (Fsp3) is 0.448. The van der Waals surface area contributed by atoms with E-state index in [9.17, 15) is 13.2 Å². The minimum absolute atomic E-state index is 0.220. The molecule has 8 heteroatoms. The van der Waals surface area contributed by atoms with Crippen molar-refractivity contribution in [1.82, 2.24) is 0 Å². The number of ether oxygens (including phenoxy) is 4. The van der Waals surface area contributed by atoms with Crippen LogP contribution in [0.15, 0.2) is 54.6 Å². The summed E-state index contributed by atoms with van der Waals surface area (Å²) in [5, 5.41) is 1.38. The van der Waals surface area contributed by atoms with Gasteiger partial charge in [0.05, 0.1) is 13.2 Å². The van der Waals surface area contributed by atoms with E-state index in [1.165, 1.54) is 12.1 Å². The normalized spacial score (nSPS) is 18.3. The maximum Gasteiger partial charge on any atom is 0.573 e. The highest BCUT2D eigenvalue weighted by atomic mass is 19.4. The van der Waals surface area contributed by atoms with Crippen LogP contribution < -0.4 is 4.74 Å². The summed E-state index contributed by atoms with van der Waals surface area (Å²) in [6, 6.07) is 15.1. The van der Waals surface area contributed by atoms with Crippen LogP contribution in [-0.4, -0.2) is 39.6 Å². The Morgan fingerprint density at radius 3 is 2.30 bits per heavy atom. The summed E-state index contributed by atoms with van der Waals surface area (Å²) in [5.74, 6) is -0.126. The van der Waals surface area contributed by atoms with Crippen molar-refractivity contribution in [3.05, 3.63) is 77.1 Å². The first-order chi connectivity index (χ1) is 17.8. The molecule has 3 aromatic carbocycles. The van der Waals surface area contributed by atoms with E-state index in [2.05, 4.69) is 4.74 Å². The molecule has 200 valence electrons. The summed E-state index contributed by atoms with van der Waals surface area (Å²) in [6.45, 7) is 2.15. The fourth-order valence-corrected chi connectivity index (χ4v) is 4.59. The number of benzene rings is 3. The van der Waals surface area contributed by atoms with Crippen LogP contribution >= 0.6 is 0 Å². The van der Waals surface area contributed by atoms with Crippen LogP contribution in [-0.2, 0) is 33.5 Å². The van der Waals surface area contributed by atoms with Crippen LogP contribution in [0.25, 0.3) is 10.8 Å². The first-order valence-corrected chi connectivity index (χ1v) is 12.6. The lowest BCUT2D eigenvalue weighted by atomic mass is 9.98. The van der Waals surface area contributed by atoms with Crippen molar-refractivity contribution in [2.75, 3.05) is 26.9 Å². The number of aryl methyl sites for hydroxylation is 3. The van der Waals surface area contributed by atoms with Gasteiger partial charge in [-0.2, -0.15) is 0 Å². The molecule has 0 atom stereocenters. The fourth-order valence-electron chi connectivity index (χ4n) is 4.59. The van der Waals surface area contributed by atoms with Crippen molar-refractivity contribution in [2.45, 2.75) is 51.2 Å². The number of hydrogen-bond donors (Lipinski definition) is 0. The lowest BCUT2D eigenvalue weighted by Gasteiger charge is -2.29. The zero-order valence-electron chi connectivity index (χ0n) is 20.9. The molecule has 0 saturated carbocycles. The summed E-state index contributed by atoms with van der Waals surface area (Å²) in [7, 11) is 1.70. The molecular weight excluding hydrogens is 488 g/mol. The zero-order valence-corrected chi connectivity index (χ0v) is 20.9. The van der Waals surface area contributed by atoms with Gasteiger partial charge in [-0.3, -0.25) is 0 Å². The molecule has 0 aliphatic carbocycles. The molecule has 4 nitrogen and oxygen atoms in total. The van der Waals surface area contributed by atoms with Gasteiger partial charge in [0.15, 0.2) is 6.29 Å². The summed E-state index contributed by atoms with van der Waals surface area (Å²) in [4.78, 5) is 0. The summed E-state index contributed by atoms with van der Waals surface area (Å²) < 4.78 is 72.9. The lowest BCUT2D eigenvalue weighted by molar-refractivity contribution is -0.274. The van der Waals surface area contributed by atoms with Gasteiger partial charge >= 0.3 is 6.36 Å². The van der Waals surface area contributed by atoms with Crippen molar-refractivity contribution in [1.29, 1.82) is 0 Å².